The summed E-state index contributed by atoms with van der Waals surface area (Å²) in [4.78, 5) is 23.1. The number of hydrogen-bond donors (Lipinski definition) is 2. The lowest BCUT2D eigenvalue weighted by molar-refractivity contribution is -0.260. The van der Waals surface area contributed by atoms with E-state index in [1.807, 2.05) is 0 Å². The van der Waals surface area contributed by atoms with E-state index in [0.29, 0.717) is 19.2 Å². The number of esters is 1. The van der Waals surface area contributed by atoms with Crippen molar-refractivity contribution in [2.45, 2.75) is 23.3 Å². The van der Waals surface area contributed by atoms with Gasteiger partial charge in [0.05, 0.1) is 12.7 Å². The number of carbonyl (C=O) groups is 2. The SMILES string of the molecule is COC(=O)C(O)(C(Cl)C(=O)Nc1cccc(C(F)(F)F)c1)C(F)(F)F. The Bertz CT molecular complexity index is 663. The summed E-state index contributed by atoms with van der Waals surface area (Å²) < 4.78 is 80.4. The number of ether oxygens (including phenoxy) is 1. The highest BCUT2D eigenvalue weighted by atomic mass is 35.5. The van der Waals surface area contributed by atoms with Crippen LogP contribution in [0, 0.1) is 0 Å². The molecule has 1 rings (SSSR count). The Morgan fingerprint density at radius 3 is 2.20 bits per heavy atom. The lowest BCUT2D eigenvalue weighted by Gasteiger charge is -2.30. The highest BCUT2D eigenvalue weighted by molar-refractivity contribution is 6.35. The van der Waals surface area contributed by atoms with Crippen LogP contribution in [0.3, 0.4) is 0 Å². The Morgan fingerprint density at radius 1 is 1.20 bits per heavy atom. The molecule has 0 bridgehead atoms. The number of methoxy groups -OCH3 is 1. The molecule has 2 N–H and O–H groups in total. The lowest BCUT2D eigenvalue weighted by Crippen LogP contribution is -2.62. The van der Waals surface area contributed by atoms with Crippen LogP contribution >= 0.6 is 11.6 Å². The van der Waals surface area contributed by atoms with E-state index in [9.17, 15) is 41.0 Å². The molecule has 0 aliphatic heterocycles. The molecule has 25 heavy (non-hydrogen) atoms. The van der Waals surface area contributed by atoms with Crippen LogP contribution in [0.2, 0.25) is 0 Å². The van der Waals surface area contributed by atoms with Crippen molar-refractivity contribution in [2.75, 3.05) is 12.4 Å². The molecule has 0 saturated carbocycles. The largest absolute Gasteiger partial charge is 0.467 e. The summed E-state index contributed by atoms with van der Waals surface area (Å²) in [6.45, 7) is 0. The average molecular weight is 394 g/mol. The zero-order valence-electron chi connectivity index (χ0n) is 12.2. The van der Waals surface area contributed by atoms with Crippen LogP contribution in [0.15, 0.2) is 24.3 Å². The lowest BCUT2D eigenvalue weighted by atomic mass is 9.97. The zero-order chi connectivity index (χ0) is 19.6. The molecular formula is C13H10ClF6NO4. The summed E-state index contributed by atoms with van der Waals surface area (Å²) >= 11 is 5.27. The number of aliphatic hydroxyl groups is 1. The number of anilines is 1. The number of benzene rings is 1. The Morgan fingerprint density at radius 2 is 1.76 bits per heavy atom. The fourth-order valence-electron chi connectivity index (χ4n) is 1.69. The molecule has 0 aliphatic rings. The third kappa shape index (κ3) is 4.34. The number of halogens is 7. The Balaban J connectivity index is 3.12. The minimum absolute atomic E-state index is 0.437. The number of nitrogens with one attached hydrogen (secondary N) is 1. The first-order valence-electron chi connectivity index (χ1n) is 6.25. The van der Waals surface area contributed by atoms with Crippen molar-refractivity contribution in [1.82, 2.24) is 0 Å². The van der Waals surface area contributed by atoms with Crippen molar-refractivity contribution in [3.05, 3.63) is 29.8 Å². The molecule has 0 fully saturated rings. The maximum absolute atomic E-state index is 12.9. The topological polar surface area (TPSA) is 75.6 Å². The Hall–Kier alpha value is -2.01. The smallest absolute Gasteiger partial charge is 0.430 e. The first-order chi connectivity index (χ1) is 11.2. The minimum atomic E-state index is -5.68. The summed E-state index contributed by atoms with van der Waals surface area (Å²) in [6, 6.07) is 2.93. The highest BCUT2D eigenvalue weighted by Gasteiger charge is 2.67. The van der Waals surface area contributed by atoms with Crippen molar-refractivity contribution in [1.29, 1.82) is 0 Å². The second kappa shape index (κ2) is 7.08. The van der Waals surface area contributed by atoms with Crippen LogP contribution in [0.5, 0.6) is 0 Å². The van der Waals surface area contributed by atoms with Gasteiger partial charge in [-0.25, -0.2) is 4.79 Å². The molecule has 1 amide bonds. The molecule has 0 spiro atoms. The van der Waals surface area contributed by atoms with Gasteiger partial charge in [0.15, 0.2) is 5.38 Å². The number of carbonyl (C=O) groups excluding carboxylic acids is 2. The first-order valence-corrected chi connectivity index (χ1v) is 6.68. The number of amides is 1. The van der Waals surface area contributed by atoms with Crippen LogP contribution in [-0.4, -0.2) is 41.2 Å². The first kappa shape index (κ1) is 21.0. The monoisotopic (exact) mass is 393 g/mol. The number of hydrogen-bond acceptors (Lipinski definition) is 4. The van der Waals surface area contributed by atoms with E-state index < -0.39 is 46.5 Å². The van der Waals surface area contributed by atoms with Gasteiger partial charge in [0.25, 0.3) is 5.60 Å². The molecule has 0 radical (unpaired) electrons. The molecule has 2 unspecified atom stereocenters. The van der Waals surface area contributed by atoms with Crippen molar-refractivity contribution in [2.24, 2.45) is 0 Å². The average Bonchev–Trinajstić information content (AvgIpc) is 2.50. The van der Waals surface area contributed by atoms with E-state index in [-0.39, 0.29) is 0 Å². The van der Waals surface area contributed by atoms with Crippen LogP contribution in [0.25, 0.3) is 0 Å². The maximum atomic E-state index is 12.9. The van der Waals surface area contributed by atoms with Crippen molar-refractivity contribution >= 4 is 29.2 Å². The minimum Gasteiger partial charge on any atom is -0.467 e. The molecular weight excluding hydrogens is 384 g/mol. The number of alkyl halides is 7. The highest BCUT2D eigenvalue weighted by Crippen LogP contribution is 2.37. The maximum Gasteiger partial charge on any atom is 0.430 e. The molecule has 2 atom stereocenters. The standard InChI is InChI=1S/C13H10ClF6NO4/c1-25-10(23)11(24,13(18,19)20)8(14)9(22)21-7-4-2-3-6(5-7)12(15,16)17/h2-5,8,24H,1H3,(H,21,22). The van der Waals surface area contributed by atoms with E-state index in [4.69, 9.17) is 11.6 Å². The van der Waals surface area contributed by atoms with E-state index in [2.05, 4.69) is 4.74 Å². The molecule has 0 aliphatic carbocycles. The van der Waals surface area contributed by atoms with Gasteiger partial charge in [0, 0.05) is 5.69 Å². The predicted molar refractivity (Wildman–Crippen MR) is 72.7 cm³/mol. The van der Waals surface area contributed by atoms with E-state index in [0.717, 1.165) is 12.1 Å². The Kier molecular flexibility index (Phi) is 5.96. The van der Waals surface area contributed by atoms with Crippen LogP contribution < -0.4 is 5.32 Å². The van der Waals surface area contributed by atoms with Crippen LogP contribution in [0.1, 0.15) is 5.56 Å². The van der Waals surface area contributed by atoms with Gasteiger partial charge < -0.3 is 15.2 Å². The second-order valence-corrected chi connectivity index (χ2v) is 5.12. The van der Waals surface area contributed by atoms with Gasteiger partial charge in [0.2, 0.25) is 5.91 Å². The van der Waals surface area contributed by atoms with Crippen molar-refractivity contribution < 1.29 is 45.8 Å². The van der Waals surface area contributed by atoms with Gasteiger partial charge in [-0.1, -0.05) is 6.07 Å². The van der Waals surface area contributed by atoms with Gasteiger partial charge in [-0.3, -0.25) is 4.79 Å². The molecule has 1 aromatic rings. The van der Waals surface area contributed by atoms with Gasteiger partial charge in [-0.2, -0.15) is 26.3 Å². The van der Waals surface area contributed by atoms with E-state index in [1.165, 1.54) is 0 Å². The molecule has 12 heteroatoms. The van der Waals surface area contributed by atoms with Crippen molar-refractivity contribution in [3.8, 4) is 0 Å². The Labute approximate surface area is 141 Å². The molecule has 0 aromatic heterocycles. The number of rotatable bonds is 4. The normalized spacial score (nSPS) is 15.9. The van der Waals surface area contributed by atoms with Gasteiger partial charge in [0.1, 0.15) is 0 Å². The summed E-state index contributed by atoms with van der Waals surface area (Å²) in [7, 11) is 0.521. The fourth-order valence-corrected chi connectivity index (χ4v) is 1.95. The van der Waals surface area contributed by atoms with Gasteiger partial charge in [-0.15, -0.1) is 11.6 Å². The molecule has 0 heterocycles. The predicted octanol–water partition coefficient (Wildman–Crippen LogP) is 2.72. The molecule has 5 nitrogen and oxygen atoms in total. The summed E-state index contributed by atoms with van der Waals surface area (Å²) in [5.74, 6) is -4.01. The summed E-state index contributed by atoms with van der Waals surface area (Å²) in [6.07, 6.45) is -10.4. The zero-order valence-corrected chi connectivity index (χ0v) is 13.0. The quantitative estimate of drug-likeness (QED) is 0.468. The molecule has 140 valence electrons. The molecule has 0 saturated heterocycles. The summed E-state index contributed by atoms with van der Waals surface area (Å²) in [5, 5.41) is 8.30. The molecule has 1 aromatic carbocycles. The van der Waals surface area contributed by atoms with Crippen molar-refractivity contribution in [3.63, 3.8) is 0 Å². The van der Waals surface area contributed by atoms with E-state index >= 15 is 0 Å². The van der Waals surface area contributed by atoms with Gasteiger partial charge in [-0.05, 0) is 18.2 Å². The van der Waals surface area contributed by atoms with E-state index in [1.54, 1.807) is 5.32 Å². The summed E-state index contributed by atoms with van der Waals surface area (Å²) in [5.41, 5.74) is -6.12. The van der Waals surface area contributed by atoms with Gasteiger partial charge >= 0.3 is 18.3 Å². The third-order valence-electron chi connectivity index (χ3n) is 2.98. The van der Waals surface area contributed by atoms with Crippen LogP contribution in [0.4, 0.5) is 32.0 Å². The van der Waals surface area contributed by atoms with Crippen LogP contribution in [-0.2, 0) is 20.5 Å². The second-order valence-electron chi connectivity index (χ2n) is 4.69. The fraction of sp³-hybridized carbons (Fsp3) is 0.385. The third-order valence-corrected chi connectivity index (χ3v) is 3.50.